The molecule has 0 unspecified atom stereocenters. The Balaban J connectivity index is 1.95. The van der Waals surface area contributed by atoms with Gasteiger partial charge in [0, 0.05) is 3.57 Å². The maximum atomic E-state index is 12.5. The number of amides is 2. The number of nitrogens with one attached hydrogen (secondary N) is 1. The molecular formula is C13H10IN3O4. The molecule has 0 saturated carbocycles. The Bertz CT molecular complexity index is 670. The summed E-state index contributed by atoms with van der Waals surface area (Å²) in [4.78, 5) is 37.5. The molecule has 1 fully saturated rings. The standard InChI is InChI=1S/C13H10IN3O4/c1-21-13(20)10-8-9(15-16-10)12(19)17(11(8)18)7-4-2-6(14)3-5-7/h2-5,8-9,15H,1H3/t8-,9-/m0/s1. The normalized spacial score (nSPS) is 23.7. The summed E-state index contributed by atoms with van der Waals surface area (Å²) in [5.41, 5.74) is 2.97. The van der Waals surface area contributed by atoms with Gasteiger partial charge < -0.3 is 4.74 Å². The van der Waals surface area contributed by atoms with Crippen LogP contribution in [0.15, 0.2) is 29.4 Å². The fraction of sp³-hybridized carbons (Fsp3) is 0.231. The largest absolute Gasteiger partial charge is 0.464 e. The van der Waals surface area contributed by atoms with E-state index in [1.54, 1.807) is 24.3 Å². The van der Waals surface area contributed by atoms with E-state index in [4.69, 9.17) is 0 Å². The van der Waals surface area contributed by atoms with Crippen molar-refractivity contribution in [1.29, 1.82) is 0 Å². The highest BCUT2D eigenvalue weighted by molar-refractivity contribution is 14.1. The Morgan fingerprint density at radius 2 is 1.95 bits per heavy atom. The Labute approximate surface area is 133 Å². The van der Waals surface area contributed by atoms with Crippen LogP contribution < -0.4 is 10.3 Å². The zero-order valence-corrected chi connectivity index (χ0v) is 13.0. The van der Waals surface area contributed by atoms with Gasteiger partial charge in [0.15, 0.2) is 5.71 Å². The van der Waals surface area contributed by atoms with Gasteiger partial charge in [-0.15, -0.1) is 0 Å². The summed E-state index contributed by atoms with van der Waals surface area (Å²) in [6, 6.07) is 6.13. The summed E-state index contributed by atoms with van der Waals surface area (Å²) < 4.78 is 5.58. The number of halogens is 1. The van der Waals surface area contributed by atoms with Crippen molar-refractivity contribution >= 4 is 51.8 Å². The maximum Gasteiger partial charge on any atom is 0.355 e. The molecule has 0 aromatic heterocycles. The molecule has 3 rings (SSSR count). The number of ether oxygens (including phenoxy) is 1. The summed E-state index contributed by atoms with van der Waals surface area (Å²) in [5, 5.41) is 3.76. The fourth-order valence-corrected chi connectivity index (χ4v) is 2.77. The molecule has 2 atom stereocenters. The van der Waals surface area contributed by atoms with E-state index in [0.29, 0.717) is 5.69 Å². The molecular weight excluding hydrogens is 389 g/mol. The van der Waals surface area contributed by atoms with Crippen LogP contribution in [0, 0.1) is 9.49 Å². The van der Waals surface area contributed by atoms with Crippen molar-refractivity contribution in [3.63, 3.8) is 0 Å². The van der Waals surface area contributed by atoms with Gasteiger partial charge in [-0.3, -0.25) is 15.0 Å². The van der Waals surface area contributed by atoms with Crippen LogP contribution in [-0.4, -0.2) is 36.6 Å². The van der Waals surface area contributed by atoms with Gasteiger partial charge in [-0.1, -0.05) is 0 Å². The minimum Gasteiger partial charge on any atom is -0.464 e. The number of carbonyl (C=O) groups excluding carboxylic acids is 3. The fourth-order valence-electron chi connectivity index (χ4n) is 2.41. The van der Waals surface area contributed by atoms with E-state index in [-0.39, 0.29) is 5.71 Å². The predicted octanol–water partition coefficient (Wildman–Crippen LogP) is 0.281. The number of hydrogen-bond donors (Lipinski definition) is 1. The lowest BCUT2D eigenvalue weighted by Crippen LogP contribution is -2.36. The number of rotatable bonds is 2. The van der Waals surface area contributed by atoms with E-state index in [2.05, 4.69) is 37.9 Å². The summed E-state index contributed by atoms with van der Waals surface area (Å²) in [7, 11) is 1.20. The predicted molar refractivity (Wildman–Crippen MR) is 81.5 cm³/mol. The van der Waals surface area contributed by atoms with E-state index >= 15 is 0 Å². The summed E-state index contributed by atoms with van der Waals surface area (Å²) >= 11 is 2.13. The lowest BCUT2D eigenvalue weighted by Gasteiger charge is -2.15. The summed E-state index contributed by atoms with van der Waals surface area (Å²) in [5.74, 6) is -2.53. The van der Waals surface area contributed by atoms with E-state index in [1.165, 1.54) is 7.11 Å². The average Bonchev–Trinajstić information content (AvgIpc) is 3.01. The molecule has 2 heterocycles. The molecule has 0 radical (unpaired) electrons. The van der Waals surface area contributed by atoms with Crippen LogP contribution in [0.5, 0.6) is 0 Å². The van der Waals surface area contributed by atoms with Crippen molar-refractivity contribution < 1.29 is 19.1 Å². The highest BCUT2D eigenvalue weighted by Gasteiger charge is 2.55. The second-order valence-electron chi connectivity index (χ2n) is 4.56. The Morgan fingerprint density at radius 3 is 2.57 bits per heavy atom. The van der Waals surface area contributed by atoms with E-state index < -0.39 is 29.7 Å². The van der Waals surface area contributed by atoms with E-state index in [0.717, 1.165) is 8.47 Å². The molecule has 108 valence electrons. The first-order valence-corrected chi connectivity index (χ1v) is 7.17. The molecule has 1 aromatic carbocycles. The first-order chi connectivity index (χ1) is 10.0. The Kier molecular flexibility index (Phi) is 3.40. The molecule has 2 aliphatic rings. The molecule has 2 aliphatic heterocycles. The van der Waals surface area contributed by atoms with Crippen LogP contribution in [0.4, 0.5) is 5.69 Å². The molecule has 0 bridgehead atoms. The second-order valence-corrected chi connectivity index (χ2v) is 5.81. The summed E-state index contributed by atoms with van der Waals surface area (Å²) in [6.45, 7) is 0. The number of benzene rings is 1. The van der Waals surface area contributed by atoms with E-state index in [1.807, 2.05) is 0 Å². The number of imide groups is 1. The first-order valence-electron chi connectivity index (χ1n) is 6.09. The third-order valence-electron chi connectivity index (χ3n) is 3.40. The van der Waals surface area contributed by atoms with Gasteiger partial charge in [-0.2, -0.15) is 5.10 Å². The zero-order valence-electron chi connectivity index (χ0n) is 10.9. The van der Waals surface area contributed by atoms with Gasteiger partial charge in [0.05, 0.1) is 12.8 Å². The number of fused-ring (bicyclic) bond motifs is 1. The third kappa shape index (κ3) is 2.09. The number of hydrazone groups is 1. The molecule has 0 aliphatic carbocycles. The van der Waals surface area contributed by atoms with Crippen molar-refractivity contribution in [2.24, 2.45) is 11.0 Å². The van der Waals surface area contributed by atoms with Crippen LogP contribution >= 0.6 is 22.6 Å². The van der Waals surface area contributed by atoms with Gasteiger partial charge in [0.2, 0.25) is 5.91 Å². The number of esters is 1. The molecule has 0 spiro atoms. The molecule has 2 amide bonds. The smallest absolute Gasteiger partial charge is 0.355 e. The molecule has 1 aromatic rings. The molecule has 8 heteroatoms. The molecule has 1 saturated heterocycles. The Morgan fingerprint density at radius 1 is 1.29 bits per heavy atom. The minimum absolute atomic E-state index is 0.0612. The molecule has 7 nitrogen and oxygen atoms in total. The van der Waals surface area contributed by atoms with Crippen LogP contribution in [0.3, 0.4) is 0 Å². The second kappa shape index (κ2) is 5.10. The molecule has 1 N–H and O–H groups in total. The van der Waals surface area contributed by atoms with Gasteiger partial charge in [0.25, 0.3) is 5.91 Å². The van der Waals surface area contributed by atoms with Crippen molar-refractivity contribution in [3.8, 4) is 0 Å². The highest BCUT2D eigenvalue weighted by Crippen LogP contribution is 2.30. The van der Waals surface area contributed by atoms with Crippen LogP contribution in [0.2, 0.25) is 0 Å². The van der Waals surface area contributed by atoms with E-state index in [9.17, 15) is 14.4 Å². The van der Waals surface area contributed by atoms with Gasteiger partial charge in [-0.05, 0) is 46.9 Å². The molecule has 21 heavy (non-hydrogen) atoms. The number of methoxy groups -OCH3 is 1. The number of hydrogen-bond acceptors (Lipinski definition) is 6. The quantitative estimate of drug-likeness (QED) is 0.439. The summed E-state index contributed by atoms with van der Waals surface area (Å²) in [6.07, 6.45) is 0. The minimum atomic E-state index is -0.927. The highest BCUT2D eigenvalue weighted by atomic mass is 127. The Hall–Kier alpha value is -1.97. The SMILES string of the molecule is COC(=O)C1=NN[C@@H]2C(=O)N(c3ccc(I)cc3)C(=O)[C@H]12. The van der Waals surface area contributed by atoms with Gasteiger partial charge in [-0.25, -0.2) is 9.69 Å². The first kappa shape index (κ1) is 14.0. The monoisotopic (exact) mass is 399 g/mol. The lowest BCUT2D eigenvalue weighted by molar-refractivity contribution is -0.133. The number of carbonyl (C=O) groups is 3. The number of anilines is 1. The topological polar surface area (TPSA) is 88.1 Å². The van der Waals surface area contributed by atoms with Crippen LogP contribution in [-0.2, 0) is 19.1 Å². The van der Waals surface area contributed by atoms with Crippen LogP contribution in [0.25, 0.3) is 0 Å². The third-order valence-corrected chi connectivity index (χ3v) is 4.12. The van der Waals surface area contributed by atoms with Gasteiger partial charge in [0.1, 0.15) is 12.0 Å². The average molecular weight is 399 g/mol. The number of nitrogens with zero attached hydrogens (tertiary/aromatic N) is 2. The van der Waals surface area contributed by atoms with Gasteiger partial charge >= 0.3 is 5.97 Å². The lowest BCUT2D eigenvalue weighted by atomic mass is 9.99. The van der Waals surface area contributed by atoms with Crippen molar-refractivity contribution in [3.05, 3.63) is 27.8 Å². The zero-order chi connectivity index (χ0) is 15.1. The van der Waals surface area contributed by atoms with Crippen molar-refractivity contribution in [2.75, 3.05) is 12.0 Å². The van der Waals surface area contributed by atoms with Crippen LogP contribution in [0.1, 0.15) is 0 Å². The maximum absolute atomic E-state index is 12.5. The van der Waals surface area contributed by atoms with Crippen molar-refractivity contribution in [1.82, 2.24) is 5.43 Å². The van der Waals surface area contributed by atoms with Crippen molar-refractivity contribution in [2.45, 2.75) is 6.04 Å².